The van der Waals surface area contributed by atoms with Crippen LogP contribution < -0.4 is 10.1 Å². The van der Waals surface area contributed by atoms with Crippen LogP contribution in [0.1, 0.15) is 50.3 Å². The van der Waals surface area contributed by atoms with Gasteiger partial charge in [-0.3, -0.25) is 0 Å². The number of hydrogen-bond donors (Lipinski definition) is 2. The molecule has 42 heavy (non-hydrogen) atoms. The molecule has 1 fully saturated rings. The Hall–Kier alpha value is -3.59. The van der Waals surface area contributed by atoms with Crippen molar-refractivity contribution >= 4 is 46.0 Å². The first-order chi connectivity index (χ1) is 20.0. The minimum Gasteiger partial charge on any atom is -0.467 e. The predicted octanol–water partition coefficient (Wildman–Crippen LogP) is 7.04. The first-order valence-electron chi connectivity index (χ1n) is 13.8. The first-order valence-corrected chi connectivity index (χ1v) is 14.6. The Morgan fingerprint density at radius 1 is 0.905 bits per heavy atom. The standard InChI is InChI=1S/C32H34Cl2N4O4/c1-31(2,3)42-30(39)38-17-15-25(16-18-38)35-28-26-19-22(9-14-27(26)36-29(37-28)41-4)32(40,20-5-10-23(33)11-6-20)21-7-12-24(34)13-8-21/h5-14,19,25,40H,15-18H2,1-4H3,(H,35,36,37). The molecule has 0 saturated carbocycles. The van der Waals surface area contributed by atoms with Gasteiger partial charge in [-0.1, -0.05) is 53.5 Å². The molecule has 1 aliphatic heterocycles. The molecule has 8 nitrogen and oxygen atoms in total. The Morgan fingerprint density at radius 3 is 1.98 bits per heavy atom. The minimum atomic E-state index is -1.51. The molecule has 0 unspecified atom stereocenters. The quantitative estimate of drug-likeness (QED) is 0.226. The van der Waals surface area contributed by atoms with Gasteiger partial charge < -0.3 is 24.8 Å². The number of aromatic nitrogens is 2. The number of anilines is 1. The van der Waals surface area contributed by atoms with Crippen molar-refractivity contribution in [2.45, 2.75) is 50.9 Å². The van der Waals surface area contributed by atoms with Crippen molar-refractivity contribution in [3.8, 4) is 6.01 Å². The normalized spacial score (nSPS) is 14.6. The number of nitrogens with one attached hydrogen (secondary N) is 1. The Kier molecular flexibility index (Phi) is 8.51. The number of carbonyl (C=O) groups is 1. The average molecular weight is 610 g/mol. The molecule has 0 atom stereocenters. The summed E-state index contributed by atoms with van der Waals surface area (Å²) in [5.41, 5.74) is 0.517. The van der Waals surface area contributed by atoms with E-state index in [0.717, 1.165) is 5.39 Å². The number of piperidine rings is 1. The zero-order valence-corrected chi connectivity index (χ0v) is 25.5. The fourth-order valence-corrected chi connectivity index (χ4v) is 5.39. The first kappa shape index (κ1) is 29.9. The van der Waals surface area contributed by atoms with E-state index in [4.69, 9.17) is 32.7 Å². The van der Waals surface area contributed by atoms with Crippen LogP contribution in [-0.4, -0.2) is 57.9 Å². The summed E-state index contributed by atoms with van der Waals surface area (Å²) in [6.45, 7) is 6.71. The van der Waals surface area contributed by atoms with Gasteiger partial charge in [0.05, 0.1) is 12.6 Å². The second kappa shape index (κ2) is 12.0. The zero-order valence-electron chi connectivity index (χ0n) is 24.0. The highest BCUT2D eigenvalue weighted by Gasteiger charge is 2.35. The molecule has 5 rings (SSSR count). The molecular formula is C32H34Cl2N4O4. The number of ether oxygens (including phenoxy) is 2. The van der Waals surface area contributed by atoms with E-state index in [0.29, 0.717) is 64.0 Å². The lowest BCUT2D eigenvalue weighted by Gasteiger charge is -2.34. The molecule has 3 aromatic carbocycles. The van der Waals surface area contributed by atoms with Gasteiger partial charge >= 0.3 is 12.1 Å². The molecule has 1 aliphatic rings. The Balaban J connectivity index is 1.50. The lowest BCUT2D eigenvalue weighted by atomic mass is 9.80. The summed E-state index contributed by atoms with van der Waals surface area (Å²) < 4.78 is 10.9. The van der Waals surface area contributed by atoms with Crippen molar-refractivity contribution in [1.82, 2.24) is 14.9 Å². The van der Waals surface area contributed by atoms with Crippen LogP contribution in [0.5, 0.6) is 6.01 Å². The summed E-state index contributed by atoms with van der Waals surface area (Å²) in [6, 6.07) is 20.1. The molecule has 0 radical (unpaired) electrons. The van der Waals surface area contributed by atoms with Gasteiger partial charge in [-0.25, -0.2) is 4.79 Å². The molecular weight excluding hydrogens is 575 g/mol. The second-order valence-electron chi connectivity index (χ2n) is 11.4. The fraction of sp³-hybridized carbons (Fsp3) is 0.344. The van der Waals surface area contributed by atoms with Crippen LogP contribution in [-0.2, 0) is 10.3 Å². The van der Waals surface area contributed by atoms with Crippen LogP contribution in [0.4, 0.5) is 10.6 Å². The number of likely N-dealkylation sites (tertiary alicyclic amines) is 1. The SMILES string of the molecule is COc1nc(NC2CCN(C(=O)OC(C)(C)C)CC2)c2cc(C(O)(c3ccc(Cl)cc3)c3ccc(Cl)cc3)ccc2n1. The fourth-order valence-electron chi connectivity index (χ4n) is 5.14. The van der Waals surface area contributed by atoms with Gasteiger partial charge in [-0.15, -0.1) is 0 Å². The Bertz CT molecular complexity index is 1520. The van der Waals surface area contributed by atoms with Crippen molar-refractivity contribution in [1.29, 1.82) is 0 Å². The van der Waals surface area contributed by atoms with Gasteiger partial charge in [0, 0.05) is 34.6 Å². The van der Waals surface area contributed by atoms with Crippen molar-refractivity contribution in [3.63, 3.8) is 0 Å². The second-order valence-corrected chi connectivity index (χ2v) is 12.3. The number of methoxy groups -OCH3 is 1. The summed E-state index contributed by atoms with van der Waals surface area (Å²) >= 11 is 12.4. The lowest BCUT2D eigenvalue weighted by Crippen LogP contribution is -2.44. The molecule has 0 bridgehead atoms. The van der Waals surface area contributed by atoms with Crippen molar-refractivity contribution < 1.29 is 19.4 Å². The zero-order chi connectivity index (χ0) is 30.1. The topological polar surface area (TPSA) is 96.8 Å². The number of nitrogens with zero attached hydrogens (tertiary/aromatic N) is 3. The highest BCUT2D eigenvalue weighted by atomic mass is 35.5. The van der Waals surface area contributed by atoms with E-state index < -0.39 is 11.2 Å². The Labute approximate surface area is 255 Å². The van der Waals surface area contributed by atoms with Crippen molar-refractivity contribution in [2.75, 3.05) is 25.5 Å². The van der Waals surface area contributed by atoms with E-state index in [1.165, 1.54) is 7.11 Å². The number of amides is 1. The number of carbonyl (C=O) groups excluding carboxylic acids is 1. The van der Waals surface area contributed by atoms with E-state index in [1.807, 2.05) is 63.2 Å². The van der Waals surface area contributed by atoms with Crippen LogP contribution >= 0.6 is 23.2 Å². The van der Waals surface area contributed by atoms with Gasteiger partial charge in [0.15, 0.2) is 0 Å². The number of hydrogen-bond acceptors (Lipinski definition) is 7. The number of rotatable bonds is 6. The van der Waals surface area contributed by atoms with E-state index in [-0.39, 0.29) is 18.1 Å². The van der Waals surface area contributed by atoms with Crippen LogP contribution in [0.3, 0.4) is 0 Å². The van der Waals surface area contributed by atoms with Crippen molar-refractivity contribution in [3.05, 3.63) is 93.5 Å². The van der Waals surface area contributed by atoms with E-state index >= 15 is 0 Å². The highest BCUT2D eigenvalue weighted by molar-refractivity contribution is 6.30. The molecule has 2 N–H and O–H groups in total. The summed E-state index contributed by atoms with van der Waals surface area (Å²) in [7, 11) is 1.53. The Morgan fingerprint density at radius 2 is 1.45 bits per heavy atom. The third-order valence-corrected chi connectivity index (χ3v) is 7.79. The summed E-state index contributed by atoms with van der Waals surface area (Å²) in [5, 5.41) is 17.8. The molecule has 1 aromatic heterocycles. The maximum Gasteiger partial charge on any atom is 0.410 e. The minimum absolute atomic E-state index is 0.0570. The van der Waals surface area contributed by atoms with Crippen LogP contribution in [0.25, 0.3) is 10.9 Å². The van der Waals surface area contributed by atoms with Crippen molar-refractivity contribution in [2.24, 2.45) is 0 Å². The molecule has 10 heteroatoms. The molecule has 220 valence electrons. The van der Waals surface area contributed by atoms with Crippen LogP contribution in [0.15, 0.2) is 66.7 Å². The van der Waals surface area contributed by atoms with Gasteiger partial charge in [0.25, 0.3) is 0 Å². The molecule has 0 aliphatic carbocycles. The molecule has 2 heterocycles. The molecule has 1 saturated heterocycles. The van der Waals surface area contributed by atoms with Crippen LogP contribution in [0, 0.1) is 0 Å². The average Bonchev–Trinajstić information content (AvgIpc) is 2.96. The third kappa shape index (κ3) is 6.41. The number of halogens is 2. The number of aliphatic hydroxyl groups is 1. The lowest BCUT2D eigenvalue weighted by molar-refractivity contribution is 0.0210. The van der Waals surface area contributed by atoms with Gasteiger partial charge in [-0.2, -0.15) is 9.97 Å². The molecule has 0 spiro atoms. The van der Waals surface area contributed by atoms with Gasteiger partial charge in [0.2, 0.25) is 0 Å². The summed E-state index contributed by atoms with van der Waals surface area (Å²) in [4.78, 5) is 23.5. The summed E-state index contributed by atoms with van der Waals surface area (Å²) in [6.07, 6.45) is 1.13. The maximum atomic E-state index is 12.5. The largest absolute Gasteiger partial charge is 0.467 e. The predicted molar refractivity (Wildman–Crippen MR) is 166 cm³/mol. The molecule has 1 amide bonds. The van der Waals surface area contributed by atoms with Gasteiger partial charge in [0.1, 0.15) is 17.0 Å². The number of fused-ring (bicyclic) bond motifs is 1. The van der Waals surface area contributed by atoms with Gasteiger partial charge in [-0.05, 0) is 86.7 Å². The monoisotopic (exact) mass is 608 g/mol. The smallest absolute Gasteiger partial charge is 0.410 e. The molecule has 4 aromatic rings. The highest BCUT2D eigenvalue weighted by Crippen LogP contribution is 2.40. The van der Waals surface area contributed by atoms with E-state index in [9.17, 15) is 9.90 Å². The summed E-state index contributed by atoms with van der Waals surface area (Å²) in [5.74, 6) is 0.587. The van der Waals surface area contributed by atoms with E-state index in [2.05, 4.69) is 15.3 Å². The third-order valence-electron chi connectivity index (χ3n) is 7.29. The number of benzene rings is 3. The maximum absolute atomic E-state index is 12.5. The van der Waals surface area contributed by atoms with E-state index in [1.54, 1.807) is 29.2 Å². The van der Waals surface area contributed by atoms with Crippen LogP contribution in [0.2, 0.25) is 10.0 Å².